The minimum atomic E-state index is -0.642. The van der Waals surface area contributed by atoms with Gasteiger partial charge in [0.05, 0.1) is 0 Å². The second-order valence-electron chi connectivity index (χ2n) is 2.88. The highest BCUT2D eigenvalue weighted by Gasteiger charge is 2.02. The number of carbonyl (C=O) groups excluding carboxylic acids is 1. The number of phenols is 1. The van der Waals surface area contributed by atoms with Gasteiger partial charge in [0.1, 0.15) is 0 Å². The summed E-state index contributed by atoms with van der Waals surface area (Å²) in [5.41, 5.74) is 0.416. The van der Waals surface area contributed by atoms with Gasteiger partial charge in [-0.1, -0.05) is 36.0 Å². The number of rotatable bonds is 3. The molecule has 0 aliphatic carbocycles. The first-order chi connectivity index (χ1) is 7.11. The number of halogens is 1. The molecule has 2 nitrogen and oxygen atoms in total. The van der Waals surface area contributed by atoms with Crippen LogP contribution in [0.1, 0.15) is 12.5 Å². The third-order valence-corrected chi connectivity index (χ3v) is 2.46. The molecule has 0 amide bonds. The quantitative estimate of drug-likeness (QED) is 0.861. The number of thioether (sulfide) groups is 1. The number of hydrogen-bond acceptors (Lipinski definition) is 3. The van der Waals surface area contributed by atoms with Gasteiger partial charge in [0.25, 0.3) is 0 Å². The average Bonchev–Trinajstić information content (AvgIpc) is 2.18. The Morgan fingerprint density at radius 2 is 2.33 bits per heavy atom. The van der Waals surface area contributed by atoms with Crippen molar-refractivity contribution in [3.05, 3.63) is 35.7 Å². The molecule has 0 heterocycles. The van der Waals surface area contributed by atoms with Gasteiger partial charge in [-0.15, -0.1) is 0 Å². The van der Waals surface area contributed by atoms with E-state index >= 15 is 0 Å². The normalized spacial score (nSPS) is 10.8. The molecule has 0 fully saturated rings. The summed E-state index contributed by atoms with van der Waals surface area (Å²) in [5, 5.41) is 9.34. The topological polar surface area (TPSA) is 37.3 Å². The molecule has 0 aliphatic rings. The molecule has 0 bridgehead atoms. The van der Waals surface area contributed by atoms with Crippen LogP contribution in [-0.4, -0.2) is 16.0 Å². The van der Waals surface area contributed by atoms with Crippen molar-refractivity contribution in [3.63, 3.8) is 0 Å². The Morgan fingerprint density at radius 1 is 1.60 bits per heavy atom. The van der Waals surface area contributed by atoms with E-state index in [4.69, 9.17) is 0 Å². The highest BCUT2D eigenvalue weighted by atomic mass is 32.2. The molecule has 80 valence electrons. The van der Waals surface area contributed by atoms with E-state index in [0.717, 1.165) is 11.8 Å². The first kappa shape index (κ1) is 11.8. The van der Waals surface area contributed by atoms with Crippen LogP contribution < -0.4 is 0 Å². The van der Waals surface area contributed by atoms with Crippen molar-refractivity contribution in [2.24, 2.45) is 0 Å². The lowest BCUT2D eigenvalue weighted by Crippen LogP contribution is -1.83. The molecule has 1 aromatic rings. The lowest BCUT2D eigenvalue weighted by molar-refractivity contribution is -0.109. The van der Waals surface area contributed by atoms with Crippen LogP contribution in [-0.2, 0) is 4.79 Å². The van der Waals surface area contributed by atoms with E-state index in [9.17, 15) is 14.3 Å². The van der Waals surface area contributed by atoms with Crippen LogP contribution in [0.3, 0.4) is 0 Å². The zero-order valence-electron chi connectivity index (χ0n) is 8.24. The van der Waals surface area contributed by atoms with Gasteiger partial charge in [0, 0.05) is 18.2 Å². The van der Waals surface area contributed by atoms with Gasteiger partial charge < -0.3 is 5.11 Å². The highest BCUT2D eigenvalue weighted by molar-refractivity contribution is 8.13. The summed E-state index contributed by atoms with van der Waals surface area (Å²) in [6.07, 6.45) is 3.30. The number of phenolic OH excluding ortho intramolecular Hbond substituents is 1. The van der Waals surface area contributed by atoms with Gasteiger partial charge in [-0.2, -0.15) is 0 Å². The van der Waals surface area contributed by atoms with Gasteiger partial charge >= 0.3 is 0 Å². The first-order valence-electron chi connectivity index (χ1n) is 4.38. The molecule has 0 radical (unpaired) electrons. The molecule has 0 unspecified atom stereocenters. The Kier molecular flexibility index (Phi) is 4.37. The van der Waals surface area contributed by atoms with Gasteiger partial charge in [0.2, 0.25) is 0 Å². The van der Waals surface area contributed by atoms with E-state index in [0.29, 0.717) is 11.3 Å². The van der Waals surface area contributed by atoms with Crippen LogP contribution in [0.5, 0.6) is 5.75 Å². The molecule has 0 aromatic heterocycles. The molecule has 0 spiro atoms. The van der Waals surface area contributed by atoms with Crippen molar-refractivity contribution < 1.29 is 14.3 Å². The third-order valence-electron chi connectivity index (χ3n) is 1.70. The Bertz CT molecular complexity index is 388. The van der Waals surface area contributed by atoms with E-state index in [1.807, 2.05) is 0 Å². The van der Waals surface area contributed by atoms with Gasteiger partial charge in [-0.3, -0.25) is 4.79 Å². The molecule has 1 rings (SSSR count). The smallest absolute Gasteiger partial charge is 0.186 e. The maximum Gasteiger partial charge on any atom is 0.186 e. The van der Waals surface area contributed by atoms with Gasteiger partial charge in [0.15, 0.2) is 16.7 Å². The number of hydrogen-bond donors (Lipinski definition) is 1. The second-order valence-corrected chi connectivity index (χ2v) is 4.08. The molecule has 0 aliphatic heterocycles. The van der Waals surface area contributed by atoms with Crippen molar-refractivity contribution in [1.29, 1.82) is 0 Å². The monoisotopic (exact) mass is 226 g/mol. The number of para-hydroxylation sites is 1. The van der Waals surface area contributed by atoms with Crippen LogP contribution in [0, 0.1) is 5.82 Å². The average molecular weight is 226 g/mol. The Labute approximate surface area is 91.8 Å². The molecule has 0 atom stereocenters. The molecule has 4 heteroatoms. The van der Waals surface area contributed by atoms with E-state index in [2.05, 4.69) is 0 Å². The fourth-order valence-corrected chi connectivity index (χ4v) is 1.43. The van der Waals surface area contributed by atoms with Gasteiger partial charge in [-0.25, -0.2) is 4.39 Å². The van der Waals surface area contributed by atoms with Gasteiger partial charge in [-0.05, 0) is 6.07 Å². The summed E-state index contributed by atoms with van der Waals surface area (Å²) < 4.78 is 12.9. The number of benzene rings is 1. The molecular formula is C11H11FO2S. The maximum atomic E-state index is 12.9. The molecule has 0 saturated heterocycles. The van der Waals surface area contributed by atoms with E-state index in [1.165, 1.54) is 19.1 Å². The highest BCUT2D eigenvalue weighted by Crippen LogP contribution is 2.21. The van der Waals surface area contributed by atoms with Crippen molar-refractivity contribution in [2.75, 3.05) is 5.75 Å². The minimum Gasteiger partial charge on any atom is -0.504 e. The summed E-state index contributed by atoms with van der Waals surface area (Å²) in [6, 6.07) is 4.32. The molecule has 1 aromatic carbocycles. The lowest BCUT2D eigenvalue weighted by Gasteiger charge is -1.99. The Morgan fingerprint density at radius 3 is 3.00 bits per heavy atom. The predicted molar refractivity (Wildman–Crippen MR) is 60.2 cm³/mol. The molecular weight excluding hydrogens is 215 g/mol. The van der Waals surface area contributed by atoms with Crippen LogP contribution in [0.25, 0.3) is 6.08 Å². The summed E-state index contributed by atoms with van der Waals surface area (Å²) in [7, 11) is 0. The fraction of sp³-hybridized carbons (Fsp3) is 0.182. The minimum absolute atomic E-state index is 0.0307. The summed E-state index contributed by atoms with van der Waals surface area (Å²) in [4.78, 5) is 10.6. The van der Waals surface area contributed by atoms with Crippen LogP contribution in [0.2, 0.25) is 0 Å². The zero-order chi connectivity index (χ0) is 11.3. The SMILES string of the molecule is CC(=O)SCC=Cc1cccc(F)c1O. The van der Waals surface area contributed by atoms with Crippen LogP contribution in [0.4, 0.5) is 4.39 Å². The van der Waals surface area contributed by atoms with E-state index < -0.39 is 5.82 Å². The molecule has 1 N–H and O–H groups in total. The predicted octanol–water partition coefficient (Wildman–Crippen LogP) is 2.82. The van der Waals surface area contributed by atoms with Crippen molar-refractivity contribution in [1.82, 2.24) is 0 Å². The number of aromatic hydroxyl groups is 1. The standard InChI is InChI=1S/C11H11FO2S/c1-8(13)15-7-3-5-9-4-2-6-10(12)11(9)14/h2-6,14H,7H2,1H3. The summed E-state index contributed by atoms with van der Waals surface area (Å²) in [5.74, 6) is -0.483. The number of carbonyl (C=O) groups is 1. The third kappa shape index (κ3) is 3.75. The Balaban J connectivity index is 2.64. The molecule has 15 heavy (non-hydrogen) atoms. The lowest BCUT2D eigenvalue weighted by atomic mass is 10.2. The summed E-state index contributed by atoms with van der Waals surface area (Å²) in [6.45, 7) is 1.48. The maximum absolute atomic E-state index is 12.9. The van der Waals surface area contributed by atoms with Crippen LogP contribution in [0.15, 0.2) is 24.3 Å². The second kappa shape index (κ2) is 5.56. The van der Waals surface area contributed by atoms with E-state index in [-0.39, 0.29) is 10.9 Å². The van der Waals surface area contributed by atoms with E-state index in [1.54, 1.807) is 18.2 Å². The fourth-order valence-electron chi connectivity index (χ4n) is 1.01. The Hall–Kier alpha value is -1.29. The summed E-state index contributed by atoms with van der Waals surface area (Å²) >= 11 is 1.16. The van der Waals surface area contributed by atoms with Crippen molar-refractivity contribution in [2.45, 2.75) is 6.92 Å². The van der Waals surface area contributed by atoms with Crippen molar-refractivity contribution >= 4 is 23.0 Å². The van der Waals surface area contributed by atoms with Crippen molar-refractivity contribution in [3.8, 4) is 5.75 Å². The first-order valence-corrected chi connectivity index (χ1v) is 5.37. The van der Waals surface area contributed by atoms with Crippen LogP contribution >= 0.6 is 11.8 Å². The largest absolute Gasteiger partial charge is 0.504 e. The zero-order valence-corrected chi connectivity index (χ0v) is 9.05. The molecule has 0 saturated carbocycles.